The second-order valence-electron chi connectivity index (χ2n) is 15.2. The highest BCUT2D eigenvalue weighted by atomic mass is 19.1. The van der Waals surface area contributed by atoms with Crippen LogP contribution in [0.5, 0.6) is 11.5 Å². The molecule has 3 unspecified atom stereocenters. The van der Waals surface area contributed by atoms with Crippen molar-refractivity contribution in [1.29, 1.82) is 0 Å². The Hall–Kier alpha value is -5.83. The molecule has 14 nitrogen and oxygen atoms in total. The van der Waals surface area contributed by atoms with Gasteiger partial charge in [0.2, 0.25) is 11.8 Å². The van der Waals surface area contributed by atoms with Crippen LogP contribution in [0.15, 0.2) is 53.3 Å². The highest BCUT2D eigenvalue weighted by Crippen LogP contribution is 2.36. The minimum Gasteiger partial charge on any atom is -0.497 e. The first-order valence-corrected chi connectivity index (χ1v) is 19.0. The smallest absolute Gasteiger partial charge is 0.262 e. The Morgan fingerprint density at radius 3 is 2.18 bits per heavy atom. The molecule has 8 rings (SSSR count). The number of piperazine rings is 1. The molecule has 1 aromatic heterocycles. The third-order valence-electron chi connectivity index (χ3n) is 11.6. The quantitative estimate of drug-likeness (QED) is 0.250. The van der Waals surface area contributed by atoms with Crippen molar-refractivity contribution in [3.8, 4) is 22.9 Å². The monoisotopic (exact) mass is 765 g/mol. The number of hydrogen-bond donors (Lipinski definition) is 2. The summed E-state index contributed by atoms with van der Waals surface area (Å²) in [5, 5.41) is 2.56. The first kappa shape index (κ1) is 37.1. The van der Waals surface area contributed by atoms with Gasteiger partial charge in [-0.1, -0.05) is 0 Å². The van der Waals surface area contributed by atoms with Gasteiger partial charge < -0.3 is 24.3 Å². The highest BCUT2D eigenvalue weighted by molar-refractivity contribution is 6.23. The number of aromatic amines is 1. The molecule has 3 fully saturated rings. The number of benzene rings is 3. The van der Waals surface area contributed by atoms with Gasteiger partial charge in [-0.15, -0.1) is 0 Å². The molecule has 0 bridgehead atoms. The molecule has 2 N–H and O–H groups in total. The van der Waals surface area contributed by atoms with Crippen molar-refractivity contribution in [2.45, 2.75) is 57.7 Å². The fourth-order valence-electron chi connectivity index (χ4n) is 8.93. The summed E-state index contributed by atoms with van der Waals surface area (Å²) in [6, 6.07) is 12.8. The van der Waals surface area contributed by atoms with Crippen molar-refractivity contribution in [3.63, 3.8) is 0 Å². The normalized spacial score (nSPS) is 22.2. The zero-order valence-corrected chi connectivity index (χ0v) is 31.8. The van der Waals surface area contributed by atoms with Gasteiger partial charge in [-0.25, -0.2) is 9.37 Å². The number of anilines is 2. The van der Waals surface area contributed by atoms with Crippen LogP contribution >= 0.6 is 0 Å². The molecular formula is C41H44FN7O7. The molecule has 292 valence electrons. The average molecular weight is 766 g/mol. The first-order chi connectivity index (χ1) is 26.9. The van der Waals surface area contributed by atoms with Gasteiger partial charge in [-0.2, -0.15) is 0 Å². The van der Waals surface area contributed by atoms with Crippen molar-refractivity contribution in [2.75, 3.05) is 56.7 Å². The van der Waals surface area contributed by atoms with Crippen molar-refractivity contribution in [3.05, 3.63) is 75.8 Å². The fourth-order valence-corrected chi connectivity index (χ4v) is 8.93. The van der Waals surface area contributed by atoms with Crippen LogP contribution in [0.2, 0.25) is 0 Å². The number of piperidine rings is 2. The average Bonchev–Trinajstić information content (AvgIpc) is 3.41. The lowest BCUT2D eigenvalue weighted by Crippen LogP contribution is -2.58. The summed E-state index contributed by atoms with van der Waals surface area (Å²) >= 11 is 0. The molecule has 0 aliphatic carbocycles. The van der Waals surface area contributed by atoms with Crippen LogP contribution in [-0.4, -0.2) is 108 Å². The molecule has 0 radical (unpaired) electrons. The lowest BCUT2D eigenvalue weighted by molar-refractivity contribution is -0.136. The van der Waals surface area contributed by atoms with E-state index in [0.29, 0.717) is 47.2 Å². The van der Waals surface area contributed by atoms with Crippen LogP contribution in [-0.2, 0) is 9.59 Å². The Labute approximate surface area is 322 Å². The van der Waals surface area contributed by atoms with Crippen LogP contribution in [0.1, 0.15) is 60.2 Å². The molecule has 3 saturated heterocycles. The maximum absolute atomic E-state index is 15.8. The lowest BCUT2D eigenvalue weighted by atomic mass is 9.94. The summed E-state index contributed by atoms with van der Waals surface area (Å²) < 4.78 is 26.5. The molecule has 56 heavy (non-hydrogen) atoms. The number of hydrogen-bond acceptors (Lipinski definition) is 11. The van der Waals surface area contributed by atoms with E-state index in [9.17, 15) is 24.0 Å². The van der Waals surface area contributed by atoms with Crippen molar-refractivity contribution in [1.82, 2.24) is 25.1 Å². The molecule has 4 aromatic rings. The van der Waals surface area contributed by atoms with Gasteiger partial charge in [-0.05, 0) is 75.4 Å². The molecule has 15 heteroatoms. The Bertz CT molecular complexity index is 2290. The maximum atomic E-state index is 15.8. The third-order valence-corrected chi connectivity index (χ3v) is 11.6. The Morgan fingerprint density at radius 2 is 1.54 bits per heavy atom. The number of nitrogens with one attached hydrogen (secondary N) is 2. The standard InChI is InChI=1S/C41H44FN7O7/c1-22-19-46(20-23(2)48(22)33-18-29-28(17-30(33)42)40(53)49(41(29)54)32-9-10-35(50)44-38(32)51)21-24-11-13-47(14-12-24)26-7-5-25(6-8-26)37-43-31-15-27(55-3)16-34(56-4)36(31)39(52)45-37/h5-8,15-18,22-24,32H,9-14,19-21H2,1-4H3,(H,43,45,52)(H,44,50,51). The molecule has 4 aliphatic rings. The zero-order valence-electron chi connectivity index (χ0n) is 31.8. The topological polar surface area (TPSA) is 157 Å². The number of ether oxygens (including phenoxy) is 2. The summed E-state index contributed by atoms with van der Waals surface area (Å²) in [5.74, 6) is -1.21. The molecule has 5 heterocycles. The van der Waals surface area contributed by atoms with Crippen molar-refractivity contribution >= 4 is 45.9 Å². The summed E-state index contributed by atoms with van der Waals surface area (Å²) in [6.07, 6.45) is 2.09. The van der Waals surface area contributed by atoms with E-state index in [-0.39, 0.29) is 47.3 Å². The number of fused-ring (bicyclic) bond motifs is 2. The van der Waals surface area contributed by atoms with Crippen LogP contribution in [0.3, 0.4) is 0 Å². The van der Waals surface area contributed by atoms with E-state index >= 15 is 4.39 Å². The highest BCUT2D eigenvalue weighted by Gasteiger charge is 2.46. The number of carbonyl (C=O) groups is 4. The first-order valence-electron chi connectivity index (χ1n) is 19.0. The van der Waals surface area contributed by atoms with Crippen molar-refractivity contribution < 1.29 is 33.0 Å². The zero-order chi connectivity index (χ0) is 39.4. The Balaban J connectivity index is 0.884. The number of halogens is 1. The second kappa shape index (κ2) is 14.7. The maximum Gasteiger partial charge on any atom is 0.262 e. The van der Waals surface area contributed by atoms with Gasteiger partial charge in [0.15, 0.2) is 0 Å². The van der Waals surface area contributed by atoms with Gasteiger partial charge in [0.1, 0.15) is 34.6 Å². The Kier molecular flexibility index (Phi) is 9.73. The van der Waals surface area contributed by atoms with E-state index < -0.39 is 35.5 Å². The van der Waals surface area contributed by atoms with Crippen LogP contribution in [0, 0.1) is 11.7 Å². The van der Waals surface area contributed by atoms with E-state index in [0.717, 1.165) is 54.7 Å². The molecule has 0 spiro atoms. The van der Waals surface area contributed by atoms with E-state index in [4.69, 9.17) is 14.5 Å². The van der Waals surface area contributed by atoms with E-state index in [1.165, 1.54) is 13.2 Å². The third kappa shape index (κ3) is 6.63. The molecular weight excluding hydrogens is 721 g/mol. The number of aromatic nitrogens is 2. The van der Waals surface area contributed by atoms with Gasteiger partial charge in [0.25, 0.3) is 17.4 Å². The molecule has 4 amide bonds. The predicted molar refractivity (Wildman–Crippen MR) is 207 cm³/mol. The minimum absolute atomic E-state index is 0.0139. The summed E-state index contributed by atoms with van der Waals surface area (Å²) in [6.45, 7) is 8.24. The van der Waals surface area contributed by atoms with Gasteiger partial charge in [0.05, 0.1) is 36.6 Å². The summed E-state index contributed by atoms with van der Waals surface area (Å²) in [7, 11) is 3.06. The number of carbonyl (C=O) groups excluding carboxylic acids is 4. The second-order valence-corrected chi connectivity index (χ2v) is 15.2. The van der Waals surface area contributed by atoms with Gasteiger partial charge in [-0.3, -0.25) is 39.1 Å². The Morgan fingerprint density at radius 1 is 0.857 bits per heavy atom. The number of methoxy groups -OCH3 is 2. The summed E-state index contributed by atoms with van der Waals surface area (Å²) in [4.78, 5) is 79.1. The molecule has 0 saturated carbocycles. The van der Waals surface area contributed by atoms with Crippen LogP contribution in [0.25, 0.3) is 22.3 Å². The van der Waals surface area contributed by atoms with E-state index in [1.807, 2.05) is 30.9 Å². The van der Waals surface area contributed by atoms with E-state index in [1.54, 1.807) is 19.2 Å². The number of rotatable bonds is 8. The predicted octanol–water partition coefficient (Wildman–Crippen LogP) is 3.96. The van der Waals surface area contributed by atoms with Gasteiger partial charge >= 0.3 is 0 Å². The van der Waals surface area contributed by atoms with Crippen LogP contribution in [0.4, 0.5) is 15.8 Å². The molecule has 3 aromatic carbocycles. The number of imide groups is 2. The number of H-pyrrole nitrogens is 1. The van der Waals surface area contributed by atoms with Crippen molar-refractivity contribution in [2.24, 2.45) is 5.92 Å². The summed E-state index contributed by atoms with van der Waals surface area (Å²) in [5.41, 5.74) is 2.36. The number of amides is 4. The molecule has 3 atom stereocenters. The largest absolute Gasteiger partial charge is 0.497 e. The van der Waals surface area contributed by atoms with Gasteiger partial charge in [0, 0.05) is 74.6 Å². The van der Waals surface area contributed by atoms with Crippen LogP contribution < -0.4 is 30.1 Å². The lowest BCUT2D eigenvalue weighted by Gasteiger charge is -2.47. The molecule has 4 aliphatic heterocycles. The SMILES string of the molecule is COc1cc(OC)c2c(=O)[nH]c(-c3ccc(N4CCC(CN5CC(C)N(c6cc7c(cc6F)C(=O)N(C6CCC(=O)NC6=O)C7=O)C(C)C5)CC4)cc3)nc2c1. The minimum atomic E-state index is -1.11. The number of nitrogens with zero attached hydrogens (tertiary/aromatic N) is 5. The van der Waals surface area contributed by atoms with E-state index in [2.05, 4.69) is 32.2 Å². The fraction of sp³-hybridized carbons (Fsp3) is 0.415.